The Morgan fingerprint density at radius 3 is 2.77 bits per heavy atom. The Morgan fingerprint density at radius 1 is 1.10 bits per heavy atom. The molecule has 0 spiro atoms. The molecular weight excluding hydrogens is 398 g/mol. The number of carbonyl (C=O) groups excluding carboxylic acids is 1. The van der Waals surface area contributed by atoms with Gasteiger partial charge < -0.3 is 5.11 Å². The van der Waals surface area contributed by atoms with Crippen LogP contribution in [0.3, 0.4) is 0 Å². The van der Waals surface area contributed by atoms with E-state index in [9.17, 15) is 9.90 Å². The second kappa shape index (κ2) is 7.57. The number of nitrogens with zero attached hydrogens (tertiary/aromatic N) is 4. The van der Waals surface area contributed by atoms with Crippen LogP contribution in [0, 0.1) is 0 Å². The minimum Gasteiger partial charge on any atom is -0.508 e. The van der Waals surface area contributed by atoms with Crippen molar-refractivity contribution >= 4 is 23.0 Å². The summed E-state index contributed by atoms with van der Waals surface area (Å²) in [5, 5.41) is 23.3. The van der Waals surface area contributed by atoms with Gasteiger partial charge in [0.2, 0.25) is 0 Å². The minimum atomic E-state index is -0.395. The molecule has 0 fully saturated rings. The number of H-pyrrole nitrogens is 1. The van der Waals surface area contributed by atoms with Gasteiger partial charge in [0, 0.05) is 46.6 Å². The molecule has 1 amide bonds. The second-order valence-electron chi connectivity index (χ2n) is 6.87. The van der Waals surface area contributed by atoms with Crippen LogP contribution in [-0.2, 0) is 0 Å². The van der Waals surface area contributed by atoms with Gasteiger partial charge in [0.25, 0.3) is 5.91 Å². The van der Waals surface area contributed by atoms with Crippen molar-refractivity contribution in [3.8, 4) is 16.2 Å². The van der Waals surface area contributed by atoms with Crippen LogP contribution < -0.4 is 0 Å². The number of carbonyl (C=O) groups is 1. The Hall–Kier alpha value is -3.78. The number of para-hydroxylation sites is 1. The van der Waals surface area contributed by atoms with Gasteiger partial charge in [-0.3, -0.25) is 14.9 Å². The molecule has 0 saturated carbocycles. The van der Waals surface area contributed by atoms with E-state index in [4.69, 9.17) is 0 Å². The van der Waals surface area contributed by atoms with Crippen LogP contribution in [0.4, 0.5) is 0 Å². The highest BCUT2D eigenvalue weighted by Gasteiger charge is 2.35. The van der Waals surface area contributed by atoms with Gasteiger partial charge in [-0.15, -0.1) is 11.3 Å². The first-order valence-electron chi connectivity index (χ1n) is 9.39. The van der Waals surface area contributed by atoms with Crippen molar-refractivity contribution in [2.75, 3.05) is 0 Å². The fourth-order valence-corrected chi connectivity index (χ4v) is 4.44. The number of nitrogens with one attached hydrogen (secondary N) is 1. The smallest absolute Gasteiger partial charge is 0.284 e. The molecule has 1 aromatic carbocycles. The first kappa shape index (κ1) is 18.3. The molecule has 148 valence electrons. The molecule has 1 aliphatic heterocycles. The topological polar surface area (TPSA) is 94.5 Å². The summed E-state index contributed by atoms with van der Waals surface area (Å²) in [4.78, 5) is 19.1. The van der Waals surface area contributed by atoms with Crippen LogP contribution in [-0.4, -0.2) is 36.9 Å². The predicted molar refractivity (Wildman–Crippen MR) is 114 cm³/mol. The molecule has 4 aromatic rings. The van der Waals surface area contributed by atoms with E-state index in [1.807, 2.05) is 30.3 Å². The van der Waals surface area contributed by atoms with Crippen LogP contribution in [0.25, 0.3) is 10.4 Å². The van der Waals surface area contributed by atoms with Crippen molar-refractivity contribution in [3.05, 3.63) is 89.3 Å². The molecular formula is C22H17N5O2S. The van der Waals surface area contributed by atoms with E-state index in [0.717, 1.165) is 21.7 Å². The van der Waals surface area contributed by atoms with Crippen molar-refractivity contribution < 1.29 is 9.90 Å². The zero-order chi connectivity index (χ0) is 20.5. The van der Waals surface area contributed by atoms with E-state index in [-0.39, 0.29) is 11.7 Å². The lowest BCUT2D eigenvalue weighted by molar-refractivity contribution is 0.0714. The van der Waals surface area contributed by atoms with Gasteiger partial charge in [-0.1, -0.05) is 24.3 Å². The standard InChI is InChI=1S/C22H17N5O2S/c28-19-6-2-1-5-16(19)18-10-17(14-4-3-9-23-11-14)26-27(18)22(29)21-8-7-20(30-21)15-12-24-25-13-15/h1-9,11-13,18,28H,10H2,(H,24,25). The lowest BCUT2D eigenvalue weighted by Crippen LogP contribution is -2.26. The number of aromatic amines is 1. The molecule has 0 aliphatic carbocycles. The average molecular weight is 415 g/mol. The predicted octanol–water partition coefficient (Wildman–Crippen LogP) is 4.23. The Balaban J connectivity index is 1.52. The number of aromatic hydroxyl groups is 1. The molecule has 4 heterocycles. The summed E-state index contributed by atoms with van der Waals surface area (Å²) >= 11 is 1.39. The van der Waals surface area contributed by atoms with Crippen LogP contribution >= 0.6 is 11.3 Å². The Morgan fingerprint density at radius 2 is 2.00 bits per heavy atom. The molecule has 5 rings (SSSR count). The largest absolute Gasteiger partial charge is 0.508 e. The van der Waals surface area contributed by atoms with Crippen molar-refractivity contribution in [3.63, 3.8) is 0 Å². The maximum absolute atomic E-state index is 13.4. The number of amides is 1. The first-order valence-corrected chi connectivity index (χ1v) is 10.2. The van der Waals surface area contributed by atoms with Crippen LogP contribution in [0.5, 0.6) is 5.75 Å². The van der Waals surface area contributed by atoms with Crippen LogP contribution in [0.2, 0.25) is 0 Å². The molecule has 2 N–H and O–H groups in total. The molecule has 1 atom stereocenters. The maximum atomic E-state index is 13.4. The summed E-state index contributed by atoms with van der Waals surface area (Å²) in [7, 11) is 0. The summed E-state index contributed by atoms with van der Waals surface area (Å²) in [5.74, 6) is -0.0601. The molecule has 7 nitrogen and oxygen atoms in total. The third kappa shape index (κ3) is 3.27. The van der Waals surface area contributed by atoms with Crippen LogP contribution in [0.1, 0.15) is 33.3 Å². The van der Waals surface area contributed by atoms with E-state index < -0.39 is 6.04 Å². The van der Waals surface area contributed by atoms with E-state index in [2.05, 4.69) is 20.3 Å². The fourth-order valence-electron chi connectivity index (χ4n) is 3.52. The van der Waals surface area contributed by atoms with E-state index >= 15 is 0 Å². The minimum absolute atomic E-state index is 0.146. The normalized spacial score (nSPS) is 15.9. The number of thiophene rings is 1. The number of hydrogen-bond acceptors (Lipinski definition) is 6. The molecule has 1 aliphatic rings. The highest BCUT2D eigenvalue weighted by atomic mass is 32.1. The zero-order valence-electron chi connectivity index (χ0n) is 15.8. The fraction of sp³-hybridized carbons (Fsp3) is 0.0909. The first-order chi connectivity index (χ1) is 14.7. The quantitative estimate of drug-likeness (QED) is 0.521. The SMILES string of the molecule is O=C(c1ccc(-c2cn[nH]c2)s1)N1N=C(c2cccnc2)CC1c1ccccc1O. The number of benzene rings is 1. The van der Waals surface area contributed by atoms with Crippen LogP contribution in [0.15, 0.2) is 78.4 Å². The molecule has 0 radical (unpaired) electrons. The lowest BCUT2D eigenvalue weighted by Gasteiger charge is -2.22. The van der Waals surface area contributed by atoms with E-state index in [1.165, 1.54) is 16.3 Å². The molecule has 8 heteroatoms. The summed E-state index contributed by atoms with van der Waals surface area (Å²) in [6, 6.07) is 14.1. The summed E-state index contributed by atoms with van der Waals surface area (Å²) in [6.45, 7) is 0. The highest BCUT2D eigenvalue weighted by Crippen LogP contribution is 2.39. The Bertz CT molecular complexity index is 1220. The number of pyridine rings is 1. The molecule has 3 aromatic heterocycles. The Labute approximate surface area is 176 Å². The van der Waals surface area contributed by atoms with Crippen molar-refractivity contribution in [1.29, 1.82) is 0 Å². The average Bonchev–Trinajstić information content (AvgIpc) is 3.54. The Kier molecular flexibility index (Phi) is 4.61. The van der Waals surface area contributed by atoms with Crippen molar-refractivity contribution in [2.24, 2.45) is 5.10 Å². The molecule has 0 saturated heterocycles. The van der Waals surface area contributed by atoms with Gasteiger partial charge in [-0.25, -0.2) is 5.01 Å². The van der Waals surface area contributed by atoms with Gasteiger partial charge in [0.15, 0.2) is 0 Å². The highest BCUT2D eigenvalue weighted by molar-refractivity contribution is 7.17. The zero-order valence-corrected chi connectivity index (χ0v) is 16.6. The molecule has 30 heavy (non-hydrogen) atoms. The summed E-state index contributed by atoms with van der Waals surface area (Å²) in [6.07, 6.45) is 7.44. The number of phenolic OH excluding ortho intramolecular Hbond substituents is 1. The third-order valence-electron chi connectivity index (χ3n) is 5.01. The third-order valence-corrected chi connectivity index (χ3v) is 6.13. The van der Waals surface area contributed by atoms with Crippen molar-refractivity contribution in [1.82, 2.24) is 20.2 Å². The number of aromatic nitrogens is 3. The molecule has 1 unspecified atom stereocenters. The van der Waals surface area contributed by atoms with Gasteiger partial charge in [0.1, 0.15) is 5.75 Å². The maximum Gasteiger partial charge on any atom is 0.284 e. The second-order valence-corrected chi connectivity index (χ2v) is 7.95. The van der Waals surface area contributed by atoms with Gasteiger partial charge in [-0.2, -0.15) is 10.2 Å². The summed E-state index contributed by atoms with van der Waals surface area (Å²) < 4.78 is 0. The monoisotopic (exact) mass is 415 g/mol. The van der Waals surface area contributed by atoms with E-state index in [0.29, 0.717) is 16.9 Å². The van der Waals surface area contributed by atoms with Gasteiger partial charge in [0.05, 0.1) is 22.8 Å². The molecule has 0 bridgehead atoms. The number of hydrogen-bond donors (Lipinski definition) is 2. The number of phenols is 1. The number of hydrazone groups is 1. The van der Waals surface area contributed by atoms with Gasteiger partial charge >= 0.3 is 0 Å². The lowest BCUT2D eigenvalue weighted by atomic mass is 9.98. The van der Waals surface area contributed by atoms with E-state index in [1.54, 1.807) is 43.0 Å². The van der Waals surface area contributed by atoms with Crippen molar-refractivity contribution in [2.45, 2.75) is 12.5 Å². The summed E-state index contributed by atoms with van der Waals surface area (Å²) in [5.41, 5.74) is 3.21. The van der Waals surface area contributed by atoms with Gasteiger partial charge in [-0.05, 0) is 24.3 Å². The number of rotatable bonds is 4.